The van der Waals surface area contributed by atoms with Crippen molar-refractivity contribution >= 4 is 5.78 Å². The second kappa shape index (κ2) is 6.07. The third-order valence-corrected chi connectivity index (χ3v) is 1.92. The van der Waals surface area contributed by atoms with Gasteiger partial charge in [-0.25, -0.2) is 0 Å². The molecule has 0 radical (unpaired) electrons. The van der Waals surface area contributed by atoms with E-state index < -0.39 is 18.3 Å². The molecule has 0 fully saturated rings. The summed E-state index contributed by atoms with van der Waals surface area (Å²) in [5.74, 6) is 0.0683. The van der Waals surface area contributed by atoms with Crippen molar-refractivity contribution in [1.29, 1.82) is 0 Å². The zero-order valence-corrected chi connectivity index (χ0v) is 8.10. The summed E-state index contributed by atoms with van der Waals surface area (Å²) in [6, 6.07) is 0. The molecule has 0 amide bonds. The molecule has 0 aliphatic carbocycles. The average molecular weight is 190 g/mol. The fourth-order valence-electron chi connectivity index (χ4n) is 1.05. The summed E-state index contributed by atoms with van der Waals surface area (Å²) >= 11 is 0. The van der Waals surface area contributed by atoms with Crippen LogP contribution in [0.15, 0.2) is 0 Å². The van der Waals surface area contributed by atoms with Gasteiger partial charge in [0.1, 0.15) is 11.9 Å². The Morgan fingerprint density at radius 1 is 1.31 bits per heavy atom. The van der Waals surface area contributed by atoms with Crippen LogP contribution in [-0.4, -0.2) is 39.4 Å². The third kappa shape index (κ3) is 5.74. The Labute approximate surface area is 78.2 Å². The summed E-state index contributed by atoms with van der Waals surface area (Å²) < 4.78 is 0. The van der Waals surface area contributed by atoms with E-state index in [1.165, 1.54) is 13.8 Å². The summed E-state index contributed by atoms with van der Waals surface area (Å²) in [4.78, 5) is 10.5. The standard InChI is InChI=1S/C9H18O4/c1-6(10)4-3-5-8(12)9(13)7(2)11/h7-9,11-13H,3-5H2,1-2H3/t7-,8+,9+/m0/s1. The Hall–Kier alpha value is -0.450. The van der Waals surface area contributed by atoms with Crippen molar-refractivity contribution in [3.63, 3.8) is 0 Å². The molecule has 0 aromatic rings. The summed E-state index contributed by atoms with van der Waals surface area (Å²) in [7, 11) is 0. The largest absolute Gasteiger partial charge is 0.391 e. The van der Waals surface area contributed by atoms with Crippen LogP contribution in [0.5, 0.6) is 0 Å². The van der Waals surface area contributed by atoms with Gasteiger partial charge >= 0.3 is 0 Å². The maximum Gasteiger partial charge on any atom is 0.129 e. The van der Waals surface area contributed by atoms with E-state index in [2.05, 4.69) is 0 Å². The fraction of sp³-hybridized carbons (Fsp3) is 0.889. The lowest BCUT2D eigenvalue weighted by Gasteiger charge is -2.19. The van der Waals surface area contributed by atoms with Gasteiger partial charge < -0.3 is 20.1 Å². The Morgan fingerprint density at radius 2 is 1.85 bits per heavy atom. The lowest BCUT2D eigenvalue weighted by atomic mass is 10.0. The SMILES string of the molecule is CC(=O)CCC[C@@H](O)[C@H](O)[C@H](C)O. The van der Waals surface area contributed by atoms with Crippen molar-refractivity contribution < 1.29 is 20.1 Å². The van der Waals surface area contributed by atoms with E-state index in [1.54, 1.807) is 0 Å². The molecule has 0 aromatic heterocycles. The molecule has 0 saturated carbocycles. The quantitative estimate of drug-likeness (QED) is 0.544. The van der Waals surface area contributed by atoms with Gasteiger partial charge in [-0.15, -0.1) is 0 Å². The van der Waals surface area contributed by atoms with E-state index >= 15 is 0 Å². The zero-order chi connectivity index (χ0) is 10.4. The zero-order valence-electron chi connectivity index (χ0n) is 8.10. The Bertz CT molecular complexity index is 156. The Morgan fingerprint density at radius 3 is 2.23 bits per heavy atom. The van der Waals surface area contributed by atoms with Crippen molar-refractivity contribution in [2.45, 2.75) is 51.4 Å². The molecule has 78 valence electrons. The van der Waals surface area contributed by atoms with Crippen LogP contribution >= 0.6 is 0 Å². The topological polar surface area (TPSA) is 77.8 Å². The number of hydrogen-bond acceptors (Lipinski definition) is 4. The normalized spacial score (nSPS) is 17.9. The van der Waals surface area contributed by atoms with Crippen LogP contribution in [0.2, 0.25) is 0 Å². The number of aliphatic hydroxyl groups excluding tert-OH is 3. The molecule has 0 spiro atoms. The van der Waals surface area contributed by atoms with E-state index in [1.807, 2.05) is 0 Å². The molecule has 0 unspecified atom stereocenters. The van der Waals surface area contributed by atoms with Gasteiger partial charge in [0.2, 0.25) is 0 Å². The molecule has 4 heteroatoms. The fourth-order valence-corrected chi connectivity index (χ4v) is 1.05. The summed E-state index contributed by atoms with van der Waals surface area (Å²) in [6.45, 7) is 2.90. The van der Waals surface area contributed by atoms with Crippen molar-refractivity contribution in [2.75, 3.05) is 0 Å². The monoisotopic (exact) mass is 190 g/mol. The van der Waals surface area contributed by atoms with Crippen molar-refractivity contribution in [2.24, 2.45) is 0 Å². The number of carbonyl (C=O) groups is 1. The molecule has 3 N–H and O–H groups in total. The number of aliphatic hydroxyl groups is 3. The van der Waals surface area contributed by atoms with E-state index in [0.29, 0.717) is 19.3 Å². The minimum absolute atomic E-state index is 0.0683. The number of rotatable bonds is 6. The first-order valence-corrected chi connectivity index (χ1v) is 4.48. The number of Topliss-reactive ketones (excluding diaryl/α,β-unsaturated/α-hetero) is 1. The first-order chi connectivity index (χ1) is 5.95. The van der Waals surface area contributed by atoms with Gasteiger partial charge in [0.15, 0.2) is 0 Å². The van der Waals surface area contributed by atoms with Gasteiger partial charge in [0.25, 0.3) is 0 Å². The number of hydrogen-bond donors (Lipinski definition) is 3. The highest BCUT2D eigenvalue weighted by molar-refractivity contribution is 5.75. The van der Waals surface area contributed by atoms with Crippen LogP contribution < -0.4 is 0 Å². The summed E-state index contributed by atoms with van der Waals surface area (Å²) in [6.07, 6.45) is -1.71. The summed E-state index contributed by atoms with van der Waals surface area (Å²) in [5.41, 5.74) is 0. The first-order valence-electron chi connectivity index (χ1n) is 4.48. The van der Waals surface area contributed by atoms with E-state index in [0.717, 1.165) is 0 Å². The average Bonchev–Trinajstić information content (AvgIpc) is 2.02. The minimum Gasteiger partial charge on any atom is -0.391 e. The summed E-state index contributed by atoms with van der Waals surface area (Å²) in [5, 5.41) is 27.4. The smallest absolute Gasteiger partial charge is 0.129 e. The molecule has 13 heavy (non-hydrogen) atoms. The van der Waals surface area contributed by atoms with Gasteiger partial charge in [0.05, 0.1) is 12.2 Å². The van der Waals surface area contributed by atoms with Gasteiger partial charge in [0, 0.05) is 6.42 Å². The van der Waals surface area contributed by atoms with Crippen LogP contribution in [0.25, 0.3) is 0 Å². The highest BCUT2D eigenvalue weighted by Crippen LogP contribution is 2.08. The number of ketones is 1. The molecule has 0 rings (SSSR count). The molecule has 0 aliphatic rings. The molecule has 0 aliphatic heterocycles. The molecule has 0 bridgehead atoms. The van der Waals surface area contributed by atoms with Crippen LogP contribution in [0.4, 0.5) is 0 Å². The third-order valence-electron chi connectivity index (χ3n) is 1.92. The first kappa shape index (κ1) is 12.6. The number of carbonyl (C=O) groups excluding carboxylic acids is 1. The highest BCUT2D eigenvalue weighted by atomic mass is 16.4. The van der Waals surface area contributed by atoms with E-state index in [4.69, 9.17) is 5.11 Å². The maximum atomic E-state index is 10.5. The predicted molar refractivity (Wildman–Crippen MR) is 48.2 cm³/mol. The molecular weight excluding hydrogens is 172 g/mol. The predicted octanol–water partition coefficient (Wildman–Crippen LogP) is -0.152. The molecule has 4 nitrogen and oxygen atoms in total. The molecule has 0 aromatic carbocycles. The van der Waals surface area contributed by atoms with Crippen molar-refractivity contribution in [1.82, 2.24) is 0 Å². The second-order valence-electron chi connectivity index (χ2n) is 3.39. The van der Waals surface area contributed by atoms with Crippen LogP contribution in [0, 0.1) is 0 Å². The molecular formula is C9H18O4. The van der Waals surface area contributed by atoms with Crippen molar-refractivity contribution in [3.05, 3.63) is 0 Å². The van der Waals surface area contributed by atoms with Gasteiger partial charge in [-0.1, -0.05) is 0 Å². The molecule has 0 saturated heterocycles. The Kier molecular flexibility index (Phi) is 5.86. The minimum atomic E-state index is -1.12. The van der Waals surface area contributed by atoms with Crippen LogP contribution in [-0.2, 0) is 4.79 Å². The van der Waals surface area contributed by atoms with E-state index in [-0.39, 0.29) is 5.78 Å². The lowest BCUT2D eigenvalue weighted by Crippen LogP contribution is -2.35. The van der Waals surface area contributed by atoms with Crippen LogP contribution in [0.1, 0.15) is 33.1 Å². The van der Waals surface area contributed by atoms with Gasteiger partial charge in [-0.3, -0.25) is 0 Å². The van der Waals surface area contributed by atoms with Gasteiger partial charge in [-0.2, -0.15) is 0 Å². The molecule has 3 atom stereocenters. The van der Waals surface area contributed by atoms with Crippen LogP contribution in [0.3, 0.4) is 0 Å². The Balaban J connectivity index is 3.61. The van der Waals surface area contributed by atoms with Gasteiger partial charge in [-0.05, 0) is 26.7 Å². The lowest BCUT2D eigenvalue weighted by molar-refractivity contribution is -0.117. The van der Waals surface area contributed by atoms with Crippen molar-refractivity contribution in [3.8, 4) is 0 Å². The molecule has 0 heterocycles. The highest BCUT2D eigenvalue weighted by Gasteiger charge is 2.20. The van der Waals surface area contributed by atoms with E-state index in [9.17, 15) is 15.0 Å². The maximum absolute atomic E-state index is 10.5. The second-order valence-corrected chi connectivity index (χ2v) is 3.39.